The first kappa shape index (κ1) is 15.4. The van der Waals surface area contributed by atoms with Crippen molar-refractivity contribution in [1.82, 2.24) is 9.88 Å². The quantitative estimate of drug-likeness (QED) is 0.867. The van der Waals surface area contributed by atoms with Gasteiger partial charge in [-0.3, -0.25) is 9.59 Å². The van der Waals surface area contributed by atoms with Crippen molar-refractivity contribution in [1.29, 1.82) is 0 Å². The van der Waals surface area contributed by atoms with E-state index in [2.05, 4.69) is 4.98 Å². The minimum atomic E-state index is -0.895. The predicted molar refractivity (Wildman–Crippen MR) is 74.2 cm³/mol. The van der Waals surface area contributed by atoms with Crippen LogP contribution >= 0.6 is 0 Å². The van der Waals surface area contributed by atoms with Gasteiger partial charge < -0.3 is 10.0 Å². The monoisotopic (exact) mass is 294 g/mol. The molecule has 2 rings (SSSR count). The summed E-state index contributed by atoms with van der Waals surface area (Å²) in [4.78, 5) is 28.9. The topological polar surface area (TPSA) is 70.5 Å². The predicted octanol–water partition coefficient (Wildman–Crippen LogP) is 2.18. The number of carboxylic acid groups (broad SMARTS) is 1. The number of carbonyl (C=O) groups is 2. The molecule has 1 amide bonds. The highest BCUT2D eigenvalue weighted by atomic mass is 19.1. The largest absolute Gasteiger partial charge is 0.481 e. The molecule has 0 spiro atoms. The minimum Gasteiger partial charge on any atom is -0.481 e. The molecule has 1 aliphatic rings. The molecule has 1 aromatic heterocycles. The van der Waals surface area contributed by atoms with Crippen LogP contribution in [-0.2, 0) is 4.79 Å². The van der Waals surface area contributed by atoms with Crippen molar-refractivity contribution >= 4 is 11.9 Å². The van der Waals surface area contributed by atoms with Crippen LogP contribution in [0, 0.1) is 17.3 Å². The fourth-order valence-electron chi connectivity index (χ4n) is 2.61. The summed E-state index contributed by atoms with van der Waals surface area (Å²) >= 11 is 0. The Balaban J connectivity index is 2.14. The van der Waals surface area contributed by atoms with Crippen LogP contribution < -0.4 is 0 Å². The number of piperidine rings is 1. The van der Waals surface area contributed by atoms with Gasteiger partial charge in [0.15, 0.2) is 0 Å². The van der Waals surface area contributed by atoms with Crippen LogP contribution in [0.15, 0.2) is 18.2 Å². The molecule has 0 radical (unpaired) electrons. The fourth-order valence-corrected chi connectivity index (χ4v) is 2.61. The molecule has 114 valence electrons. The van der Waals surface area contributed by atoms with E-state index in [1.165, 1.54) is 18.2 Å². The summed E-state index contributed by atoms with van der Waals surface area (Å²) in [7, 11) is 0. The molecule has 1 aliphatic heterocycles. The number of likely N-dealkylation sites (tertiary alicyclic amines) is 1. The molecule has 1 N–H and O–H groups in total. The Labute approximate surface area is 122 Å². The van der Waals surface area contributed by atoms with Gasteiger partial charge in [-0.05, 0) is 44.7 Å². The van der Waals surface area contributed by atoms with E-state index in [4.69, 9.17) is 0 Å². The van der Waals surface area contributed by atoms with Crippen LogP contribution in [0.2, 0.25) is 0 Å². The molecule has 5 nitrogen and oxygen atoms in total. The Morgan fingerprint density at radius 3 is 2.76 bits per heavy atom. The lowest BCUT2D eigenvalue weighted by atomic mass is 9.74. The van der Waals surface area contributed by atoms with Gasteiger partial charge in [-0.15, -0.1) is 0 Å². The van der Waals surface area contributed by atoms with Gasteiger partial charge in [0.05, 0.1) is 5.41 Å². The van der Waals surface area contributed by atoms with E-state index in [0.29, 0.717) is 13.1 Å². The highest BCUT2D eigenvalue weighted by Crippen LogP contribution is 2.34. The van der Waals surface area contributed by atoms with E-state index in [1.54, 1.807) is 18.7 Å². The number of aromatic nitrogens is 1. The van der Waals surface area contributed by atoms with Crippen LogP contribution in [0.1, 0.15) is 37.2 Å². The van der Waals surface area contributed by atoms with Crippen LogP contribution in [-0.4, -0.2) is 40.0 Å². The number of pyridine rings is 1. The third kappa shape index (κ3) is 3.20. The molecule has 21 heavy (non-hydrogen) atoms. The fraction of sp³-hybridized carbons (Fsp3) is 0.533. The van der Waals surface area contributed by atoms with Crippen LogP contribution in [0.5, 0.6) is 0 Å². The van der Waals surface area contributed by atoms with Crippen molar-refractivity contribution in [2.24, 2.45) is 11.3 Å². The van der Waals surface area contributed by atoms with Gasteiger partial charge in [-0.2, -0.15) is 4.39 Å². The van der Waals surface area contributed by atoms with E-state index < -0.39 is 17.3 Å². The number of halogens is 1. The zero-order valence-electron chi connectivity index (χ0n) is 12.2. The SMILES string of the molecule is CC(C)(C(=O)O)C1CCCN(C(=O)c2cccc(F)n2)C1. The first-order chi connectivity index (χ1) is 9.82. The maximum atomic E-state index is 13.1. The second-order valence-corrected chi connectivity index (χ2v) is 5.96. The zero-order chi connectivity index (χ0) is 15.6. The second-order valence-electron chi connectivity index (χ2n) is 5.96. The van der Waals surface area contributed by atoms with Crippen molar-refractivity contribution in [3.63, 3.8) is 0 Å². The molecule has 1 unspecified atom stereocenters. The van der Waals surface area contributed by atoms with E-state index in [9.17, 15) is 19.1 Å². The summed E-state index contributed by atoms with van der Waals surface area (Å²) < 4.78 is 13.1. The summed E-state index contributed by atoms with van der Waals surface area (Å²) in [5, 5.41) is 9.31. The number of carboxylic acids is 1. The van der Waals surface area contributed by atoms with Crippen LogP contribution in [0.25, 0.3) is 0 Å². The number of rotatable bonds is 3. The first-order valence-electron chi connectivity index (χ1n) is 6.97. The molecule has 1 saturated heterocycles. The van der Waals surface area contributed by atoms with Gasteiger partial charge in [-0.1, -0.05) is 6.07 Å². The van der Waals surface area contributed by atoms with Gasteiger partial charge in [0.2, 0.25) is 5.95 Å². The van der Waals surface area contributed by atoms with E-state index in [0.717, 1.165) is 12.8 Å². The van der Waals surface area contributed by atoms with Gasteiger partial charge in [0, 0.05) is 13.1 Å². The number of amides is 1. The summed E-state index contributed by atoms with van der Waals surface area (Å²) in [6.45, 7) is 4.25. The summed E-state index contributed by atoms with van der Waals surface area (Å²) in [6.07, 6.45) is 1.50. The highest BCUT2D eigenvalue weighted by Gasteiger charge is 2.40. The lowest BCUT2D eigenvalue weighted by molar-refractivity contribution is -0.151. The maximum absolute atomic E-state index is 13.1. The molecular formula is C15H19FN2O3. The molecule has 1 fully saturated rings. The number of carbonyl (C=O) groups excluding carboxylic acids is 1. The van der Waals surface area contributed by atoms with Crippen molar-refractivity contribution in [3.8, 4) is 0 Å². The molecule has 0 saturated carbocycles. The van der Waals surface area contributed by atoms with Gasteiger partial charge in [-0.25, -0.2) is 4.98 Å². The van der Waals surface area contributed by atoms with Crippen LogP contribution in [0.4, 0.5) is 4.39 Å². The summed E-state index contributed by atoms with van der Waals surface area (Å²) in [5.41, 5.74) is -0.835. The number of hydrogen-bond acceptors (Lipinski definition) is 3. The third-order valence-corrected chi connectivity index (χ3v) is 4.21. The number of aliphatic carboxylic acids is 1. The Morgan fingerprint density at radius 2 is 2.14 bits per heavy atom. The van der Waals surface area contributed by atoms with E-state index in [1.807, 2.05) is 0 Å². The maximum Gasteiger partial charge on any atom is 0.309 e. The number of nitrogens with zero attached hydrogens (tertiary/aromatic N) is 2. The smallest absolute Gasteiger partial charge is 0.309 e. The standard InChI is InChI=1S/C15H19FN2O3/c1-15(2,14(20)21)10-5-4-8-18(9-10)13(19)11-6-3-7-12(16)17-11/h3,6-7,10H,4-5,8-9H2,1-2H3,(H,20,21). The molecule has 1 atom stereocenters. The Kier molecular flexibility index (Phi) is 4.25. The van der Waals surface area contributed by atoms with Gasteiger partial charge in [0.25, 0.3) is 5.91 Å². The van der Waals surface area contributed by atoms with Gasteiger partial charge >= 0.3 is 5.97 Å². The zero-order valence-corrected chi connectivity index (χ0v) is 12.2. The van der Waals surface area contributed by atoms with Crippen molar-refractivity contribution < 1.29 is 19.1 Å². The van der Waals surface area contributed by atoms with Crippen LogP contribution in [0.3, 0.4) is 0 Å². The minimum absolute atomic E-state index is 0.0591. The molecule has 0 aromatic carbocycles. The molecule has 0 aliphatic carbocycles. The average Bonchev–Trinajstić information content (AvgIpc) is 2.46. The molecular weight excluding hydrogens is 275 g/mol. The van der Waals surface area contributed by atoms with Gasteiger partial charge in [0.1, 0.15) is 5.69 Å². The normalized spacial score (nSPS) is 19.4. The van der Waals surface area contributed by atoms with Crippen molar-refractivity contribution in [2.75, 3.05) is 13.1 Å². The highest BCUT2D eigenvalue weighted by molar-refractivity contribution is 5.92. The summed E-state index contributed by atoms with van der Waals surface area (Å²) in [5.74, 6) is -2.03. The third-order valence-electron chi connectivity index (χ3n) is 4.21. The Morgan fingerprint density at radius 1 is 1.43 bits per heavy atom. The Hall–Kier alpha value is -1.98. The van der Waals surface area contributed by atoms with E-state index >= 15 is 0 Å². The summed E-state index contributed by atoms with van der Waals surface area (Å²) in [6, 6.07) is 4.10. The lowest BCUT2D eigenvalue weighted by Gasteiger charge is -2.39. The molecule has 2 heterocycles. The Bertz CT molecular complexity index is 560. The molecule has 1 aromatic rings. The number of hydrogen-bond donors (Lipinski definition) is 1. The second kappa shape index (κ2) is 5.79. The first-order valence-corrected chi connectivity index (χ1v) is 6.97. The van der Waals surface area contributed by atoms with Crippen molar-refractivity contribution in [2.45, 2.75) is 26.7 Å². The van der Waals surface area contributed by atoms with Crippen molar-refractivity contribution in [3.05, 3.63) is 29.8 Å². The van der Waals surface area contributed by atoms with E-state index in [-0.39, 0.29) is 17.5 Å². The lowest BCUT2D eigenvalue weighted by Crippen LogP contribution is -2.47. The average molecular weight is 294 g/mol. The molecule has 0 bridgehead atoms. The molecule has 6 heteroatoms.